The van der Waals surface area contributed by atoms with E-state index in [4.69, 9.17) is 9.84 Å². The zero-order valence-electron chi connectivity index (χ0n) is 16.2. The normalized spacial score (nSPS) is 16.7. The van der Waals surface area contributed by atoms with Gasteiger partial charge in [-0.25, -0.2) is 9.79 Å². The molecule has 2 N–H and O–H groups in total. The van der Waals surface area contributed by atoms with Gasteiger partial charge in [-0.05, 0) is 41.9 Å². The second kappa shape index (κ2) is 8.46. The first kappa shape index (κ1) is 19.8. The first-order valence-corrected chi connectivity index (χ1v) is 10.1. The van der Waals surface area contributed by atoms with Gasteiger partial charge in [0.2, 0.25) is 0 Å². The van der Waals surface area contributed by atoms with Crippen molar-refractivity contribution in [2.45, 2.75) is 6.42 Å². The Hall–Kier alpha value is -3.52. The summed E-state index contributed by atoms with van der Waals surface area (Å²) in [5.74, 6) is -0.869. The van der Waals surface area contributed by atoms with Crippen molar-refractivity contribution in [3.8, 4) is 5.75 Å². The van der Waals surface area contributed by atoms with E-state index in [1.165, 1.54) is 4.90 Å². The average molecular weight is 421 g/mol. The number of aliphatic carboxylic acids is 1. The smallest absolute Gasteiger partial charge is 0.329 e. The van der Waals surface area contributed by atoms with Crippen molar-refractivity contribution >= 4 is 45.4 Å². The monoisotopic (exact) mass is 421 g/mol. The molecule has 8 heteroatoms. The first-order valence-electron chi connectivity index (χ1n) is 9.27. The number of hydrogen-bond donors (Lipinski definition) is 2. The minimum Gasteiger partial charge on any atom is -0.497 e. The van der Waals surface area contributed by atoms with Gasteiger partial charge >= 0.3 is 5.97 Å². The number of para-hydroxylation sites is 1. The number of H-pyrrole nitrogens is 1. The molecule has 1 saturated heterocycles. The van der Waals surface area contributed by atoms with E-state index in [9.17, 15) is 9.59 Å². The molecule has 0 radical (unpaired) electrons. The van der Waals surface area contributed by atoms with Crippen molar-refractivity contribution in [1.82, 2.24) is 9.88 Å². The van der Waals surface area contributed by atoms with E-state index < -0.39 is 5.97 Å². The number of thioether (sulfide) groups is 1. The molecule has 1 aromatic heterocycles. The number of nitrogens with zero attached hydrogens (tertiary/aromatic N) is 2. The van der Waals surface area contributed by atoms with Crippen LogP contribution in [0.1, 0.15) is 5.56 Å². The van der Waals surface area contributed by atoms with E-state index in [0.29, 0.717) is 29.6 Å². The summed E-state index contributed by atoms with van der Waals surface area (Å²) in [6.07, 6.45) is 3.47. The molecular weight excluding hydrogens is 402 g/mol. The number of carboxylic acids is 1. The van der Waals surface area contributed by atoms with E-state index in [1.807, 2.05) is 36.5 Å². The maximum atomic E-state index is 12.8. The molecule has 2 aromatic carbocycles. The number of fused-ring (bicyclic) bond motifs is 1. The number of carboxylic acid groups (broad SMARTS) is 1. The van der Waals surface area contributed by atoms with E-state index in [1.54, 1.807) is 25.3 Å². The number of aromatic nitrogens is 1. The molecule has 0 atom stereocenters. The molecule has 3 aromatic rings. The lowest BCUT2D eigenvalue weighted by Gasteiger charge is -2.15. The van der Waals surface area contributed by atoms with Gasteiger partial charge in [0.05, 0.1) is 17.7 Å². The molecule has 2 heterocycles. The van der Waals surface area contributed by atoms with E-state index >= 15 is 0 Å². The van der Waals surface area contributed by atoms with E-state index in [0.717, 1.165) is 34.3 Å². The fourth-order valence-electron chi connectivity index (χ4n) is 3.26. The van der Waals surface area contributed by atoms with Crippen LogP contribution in [0.2, 0.25) is 0 Å². The van der Waals surface area contributed by atoms with Crippen molar-refractivity contribution in [2.24, 2.45) is 4.99 Å². The molecule has 0 spiro atoms. The predicted octanol–water partition coefficient (Wildman–Crippen LogP) is 3.95. The SMILES string of the molecule is COc1cccc(N=C2S/C(=C/C(=O)O)C(=O)N2CCc2c[nH]c3ccccc23)c1. The molecule has 0 aliphatic carbocycles. The highest BCUT2D eigenvalue weighted by molar-refractivity contribution is 8.18. The van der Waals surface area contributed by atoms with Crippen LogP contribution in [-0.2, 0) is 16.0 Å². The minimum atomic E-state index is -1.16. The van der Waals surface area contributed by atoms with Crippen LogP contribution in [0.15, 0.2) is 70.7 Å². The quantitative estimate of drug-likeness (QED) is 0.588. The number of hydrogen-bond acceptors (Lipinski definition) is 5. The molecule has 30 heavy (non-hydrogen) atoms. The molecule has 1 aliphatic rings. The van der Waals surface area contributed by atoms with Crippen LogP contribution in [0.3, 0.4) is 0 Å². The lowest BCUT2D eigenvalue weighted by atomic mass is 10.1. The molecule has 0 bridgehead atoms. The van der Waals surface area contributed by atoms with Crippen LogP contribution < -0.4 is 4.74 Å². The van der Waals surface area contributed by atoms with Crippen molar-refractivity contribution < 1.29 is 19.4 Å². The first-order chi connectivity index (χ1) is 14.5. The van der Waals surface area contributed by atoms with E-state index in [-0.39, 0.29) is 10.8 Å². The van der Waals surface area contributed by atoms with Crippen LogP contribution in [0.5, 0.6) is 5.75 Å². The van der Waals surface area contributed by atoms with Crippen LogP contribution in [0.25, 0.3) is 10.9 Å². The van der Waals surface area contributed by atoms with Gasteiger partial charge in [-0.3, -0.25) is 9.69 Å². The predicted molar refractivity (Wildman–Crippen MR) is 117 cm³/mol. The number of nitrogens with one attached hydrogen (secondary N) is 1. The van der Waals surface area contributed by atoms with Crippen LogP contribution in [0, 0.1) is 0 Å². The lowest BCUT2D eigenvalue weighted by Crippen LogP contribution is -2.31. The third-order valence-electron chi connectivity index (χ3n) is 4.70. The van der Waals surface area contributed by atoms with Crippen molar-refractivity contribution in [3.63, 3.8) is 0 Å². The fourth-order valence-corrected chi connectivity index (χ4v) is 4.25. The van der Waals surface area contributed by atoms with Crippen LogP contribution >= 0.6 is 11.8 Å². The topological polar surface area (TPSA) is 95.0 Å². The van der Waals surface area contributed by atoms with Gasteiger partial charge in [0.25, 0.3) is 5.91 Å². The number of amides is 1. The summed E-state index contributed by atoms with van der Waals surface area (Å²) >= 11 is 1.06. The number of carbonyl (C=O) groups excluding carboxylic acids is 1. The summed E-state index contributed by atoms with van der Waals surface area (Å²) in [5, 5.41) is 10.6. The van der Waals surface area contributed by atoms with Gasteiger partial charge in [-0.1, -0.05) is 24.3 Å². The number of benzene rings is 2. The summed E-state index contributed by atoms with van der Waals surface area (Å²) in [5.41, 5.74) is 2.74. The Bertz CT molecular complexity index is 1180. The number of carbonyl (C=O) groups is 2. The largest absolute Gasteiger partial charge is 0.497 e. The Labute approximate surface area is 177 Å². The van der Waals surface area contributed by atoms with Crippen LogP contribution in [0.4, 0.5) is 5.69 Å². The number of ether oxygens (including phenoxy) is 1. The zero-order valence-corrected chi connectivity index (χ0v) is 17.0. The average Bonchev–Trinajstić information content (AvgIpc) is 3.27. The number of amidine groups is 1. The molecule has 7 nitrogen and oxygen atoms in total. The van der Waals surface area contributed by atoms with Crippen molar-refractivity contribution in [2.75, 3.05) is 13.7 Å². The Kier molecular flexibility index (Phi) is 5.58. The molecule has 1 aliphatic heterocycles. The molecule has 1 amide bonds. The maximum Gasteiger partial charge on any atom is 0.329 e. The number of methoxy groups -OCH3 is 1. The van der Waals surface area contributed by atoms with Crippen molar-refractivity contribution in [1.29, 1.82) is 0 Å². The summed E-state index contributed by atoms with van der Waals surface area (Å²) < 4.78 is 5.23. The zero-order chi connectivity index (χ0) is 21.1. The molecule has 4 rings (SSSR count). The second-order valence-electron chi connectivity index (χ2n) is 6.61. The van der Waals surface area contributed by atoms with Gasteiger partial charge < -0.3 is 14.8 Å². The van der Waals surface area contributed by atoms with Gasteiger partial charge in [-0.2, -0.15) is 0 Å². The number of aromatic amines is 1. The van der Waals surface area contributed by atoms with Gasteiger partial charge in [-0.15, -0.1) is 0 Å². The fraction of sp³-hybridized carbons (Fsp3) is 0.136. The molecule has 0 saturated carbocycles. The Morgan fingerprint density at radius 3 is 2.90 bits per heavy atom. The Balaban J connectivity index is 1.63. The lowest BCUT2D eigenvalue weighted by molar-refractivity contribution is -0.132. The van der Waals surface area contributed by atoms with Crippen LogP contribution in [-0.4, -0.2) is 45.7 Å². The third kappa shape index (κ3) is 4.08. The Morgan fingerprint density at radius 2 is 2.10 bits per heavy atom. The minimum absolute atomic E-state index is 0.142. The third-order valence-corrected chi connectivity index (χ3v) is 5.71. The summed E-state index contributed by atoms with van der Waals surface area (Å²) in [6.45, 7) is 0.382. The highest BCUT2D eigenvalue weighted by atomic mass is 32.2. The van der Waals surface area contributed by atoms with Gasteiger partial charge in [0.1, 0.15) is 5.75 Å². The second-order valence-corrected chi connectivity index (χ2v) is 7.62. The highest BCUT2D eigenvalue weighted by Gasteiger charge is 2.34. The Morgan fingerprint density at radius 1 is 1.27 bits per heavy atom. The number of rotatable bonds is 6. The standard InChI is InChI=1S/C22H19N3O4S/c1-29-16-6-4-5-15(11-16)24-22-25(21(28)19(30-22)12-20(26)27)10-9-14-13-23-18-8-3-2-7-17(14)18/h2-8,11-13,23H,9-10H2,1H3,(H,26,27)/b19-12+,24-22?. The molecule has 1 fully saturated rings. The summed E-state index contributed by atoms with van der Waals surface area (Å²) in [7, 11) is 1.57. The summed E-state index contributed by atoms with van der Waals surface area (Å²) in [4.78, 5) is 33.5. The van der Waals surface area contributed by atoms with Gasteiger partial charge in [0, 0.05) is 35.8 Å². The van der Waals surface area contributed by atoms with Crippen molar-refractivity contribution in [3.05, 3.63) is 71.3 Å². The molecule has 152 valence electrons. The number of aliphatic imine (C=N–C) groups is 1. The van der Waals surface area contributed by atoms with E-state index in [2.05, 4.69) is 9.98 Å². The summed E-state index contributed by atoms with van der Waals surface area (Å²) in [6, 6.07) is 15.1. The molecular formula is C22H19N3O4S. The highest BCUT2D eigenvalue weighted by Crippen LogP contribution is 2.33. The maximum absolute atomic E-state index is 12.8. The molecule has 0 unspecified atom stereocenters. The van der Waals surface area contributed by atoms with Gasteiger partial charge in [0.15, 0.2) is 5.17 Å².